The van der Waals surface area contributed by atoms with Crippen molar-refractivity contribution in [2.24, 2.45) is 11.1 Å². The first-order valence-corrected chi connectivity index (χ1v) is 11.4. The molecule has 2 aliphatic heterocycles. The Morgan fingerprint density at radius 1 is 1.12 bits per heavy atom. The number of benzene rings is 2. The highest BCUT2D eigenvalue weighted by Crippen LogP contribution is 2.28. The Hall–Kier alpha value is -3.32. The second-order valence-electron chi connectivity index (χ2n) is 8.94. The quantitative estimate of drug-likeness (QED) is 0.516. The summed E-state index contributed by atoms with van der Waals surface area (Å²) < 4.78 is 0. The zero-order valence-corrected chi connectivity index (χ0v) is 19.1. The Morgan fingerprint density at radius 2 is 1.85 bits per heavy atom. The smallest absolute Gasteiger partial charge is 0.326 e. The molecule has 0 saturated carbocycles. The number of piperidine rings is 1. The lowest BCUT2D eigenvalue weighted by Crippen LogP contribution is -2.37. The molecule has 33 heavy (non-hydrogen) atoms. The number of oxime groups is 1. The predicted octanol–water partition coefficient (Wildman–Crippen LogP) is 3.74. The number of carbonyl (C=O) groups is 3. The molecule has 2 aromatic rings. The fourth-order valence-corrected chi connectivity index (χ4v) is 4.40. The van der Waals surface area contributed by atoms with Gasteiger partial charge in [-0.1, -0.05) is 47.1 Å². The highest BCUT2D eigenvalue weighted by atomic mass is 16.7. The van der Waals surface area contributed by atoms with E-state index in [1.807, 2.05) is 49.4 Å². The second-order valence-corrected chi connectivity index (χ2v) is 8.94. The Kier molecular flexibility index (Phi) is 6.99. The molecule has 1 saturated heterocycles. The molecule has 0 bridgehead atoms. The van der Waals surface area contributed by atoms with Crippen molar-refractivity contribution < 1.29 is 19.2 Å². The number of nitrogens with zero attached hydrogens (tertiary/aromatic N) is 2. The average molecular weight is 448 g/mol. The zero-order valence-electron chi connectivity index (χ0n) is 19.1. The summed E-state index contributed by atoms with van der Waals surface area (Å²) >= 11 is 0. The number of amides is 1. The van der Waals surface area contributed by atoms with Crippen LogP contribution in [-0.4, -0.2) is 47.9 Å². The van der Waals surface area contributed by atoms with E-state index < -0.39 is 0 Å². The van der Waals surface area contributed by atoms with Gasteiger partial charge >= 0.3 is 5.97 Å². The third-order valence-electron chi connectivity index (χ3n) is 6.28. The molecule has 4 rings (SSSR count). The molecule has 0 unspecified atom stereocenters. The number of nitrogens with one attached hydrogen (secondary N) is 1. The third kappa shape index (κ3) is 5.93. The highest BCUT2D eigenvalue weighted by Gasteiger charge is 2.24. The normalized spacial score (nSPS) is 16.9. The minimum atomic E-state index is -0.372. The van der Waals surface area contributed by atoms with Crippen LogP contribution in [0.5, 0.6) is 0 Å². The van der Waals surface area contributed by atoms with Gasteiger partial charge in [-0.05, 0) is 56.8 Å². The van der Waals surface area contributed by atoms with Gasteiger partial charge in [0.2, 0.25) is 5.91 Å². The first-order valence-electron chi connectivity index (χ1n) is 11.4. The van der Waals surface area contributed by atoms with Crippen LogP contribution in [0.4, 0.5) is 5.69 Å². The summed E-state index contributed by atoms with van der Waals surface area (Å²) in [5.41, 5.74) is 5.08. The Labute approximate surface area is 193 Å². The first-order chi connectivity index (χ1) is 15.9. The number of hydrogen-bond acceptors (Lipinski definition) is 6. The number of rotatable bonds is 7. The van der Waals surface area contributed by atoms with E-state index in [-0.39, 0.29) is 24.1 Å². The van der Waals surface area contributed by atoms with Crippen molar-refractivity contribution in [3.05, 3.63) is 64.7 Å². The van der Waals surface area contributed by atoms with Crippen molar-refractivity contribution in [2.45, 2.75) is 39.5 Å². The van der Waals surface area contributed by atoms with Gasteiger partial charge in [0, 0.05) is 23.7 Å². The van der Waals surface area contributed by atoms with Gasteiger partial charge in [0.15, 0.2) is 5.78 Å². The van der Waals surface area contributed by atoms with E-state index in [1.165, 1.54) is 6.92 Å². The molecular weight excluding hydrogens is 418 g/mol. The van der Waals surface area contributed by atoms with E-state index >= 15 is 0 Å². The lowest BCUT2D eigenvalue weighted by Gasteiger charge is -2.32. The van der Waals surface area contributed by atoms with Crippen LogP contribution in [0.1, 0.15) is 53.2 Å². The average Bonchev–Trinajstić information content (AvgIpc) is 3.22. The predicted molar refractivity (Wildman–Crippen MR) is 126 cm³/mol. The van der Waals surface area contributed by atoms with Gasteiger partial charge in [0.05, 0.1) is 18.7 Å². The van der Waals surface area contributed by atoms with Crippen LogP contribution < -0.4 is 5.32 Å². The van der Waals surface area contributed by atoms with Crippen LogP contribution in [0.25, 0.3) is 0 Å². The minimum absolute atomic E-state index is 0.138. The Morgan fingerprint density at radius 3 is 2.48 bits per heavy atom. The van der Waals surface area contributed by atoms with Crippen molar-refractivity contribution >= 4 is 29.1 Å². The molecule has 0 atom stereocenters. The number of hydrogen-bond donors (Lipinski definition) is 1. The molecule has 1 amide bonds. The molecule has 1 fully saturated rings. The Bertz CT molecular complexity index is 1080. The summed E-state index contributed by atoms with van der Waals surface area (Å²) in [6, 6.07) is 13.5. The summed E-state index contributed by atoms with van der Waals surface area (Å²) in [5.74, 6) is 0.124. The first kappa shape index (κ1) is 22.9. The maximum Gasteiger partial charge on any atom is 0.341 e. The van der Waals surface area contributed by atoms with E-state index in [1.54, 1.807) is 0 Å². The summed E-state index contributed by atoms with van der Waals surface area (Å²) in [6.45, 7) is 5.71. The van der Waals surface area contributed by atoms with Gasteiger partial charge in [-0.3, -0.25) is 14.5 Å². The molecule has 0 aliphatic carbocycles. The van der Waals surface area contributed by atoms with Gasteiger partial charge in [0.25, 0.3) is 0 Å². The second kappa shape index (κ2) is 10.1. The summed E-state index contributed by atoms with van der Waals surface area (Å²) in [6.07, 6.45) is 2.98. The zero-order chi connectivity index (χ0) is 23.4. The largest absolute Gasteiger partial charge is 0.341 e. The molecule has 0 aromatic heterocycles. The molecule has 172 valence electrons. The highest BCUT2D eigenvalue weighted by molar-refractivity contribution is 6.12. The van der Waals surface area contributed by atoms with Crippen molar-refractivity contribution in [1.82, 2.24) is 4.90 Å². The molecule has 1 N–H and O–H groups in total. The molecule has 2 aliphatic rings. The molecule has 7 nitrogen and oxygen atoms in total. The fraction of sp³-hybridized carbons (Fsp3) is 0.385. The van der Waals surface area contributed by atoms with Crippen molar-refractivity contribution in [3.63, 3.8) is 0 Å². The standard InChI is InChI=1S/C26H29N3O4/c1-17-3-5-20(6-4-17)25(31)16-29-11-9-19(10-12-29)13-21-7-8-22(14-23(21)27-18(2)30)24-15-26(32)33-28-24/h3-8,14,19H,9-13,15-16H2,1-2H3,(H,27,30). The monoisotopic (exact) mass is 447 g/mol. The molecule has 0 spiro atoms. The number of carbonyl (C=O) groups excluding carboxylic acids is 3. The molecule has 2 aromatic carbocycles. The maximum absolute atomic E-state index is 12.6. The van der Waals surface area contributed by atoms with Gasteiger partial charge in [-0.15, -0.1) is 0 Å². The van der Waals surface area contributed by atoms with Crippen LogP contribution >= 0.6 is 0 Å². The molecule has 0 radical (unpaired) electrons. The van der Waals surface area contributed by atoms with Crippen LogP contribution in [-0.2, 0) is 20.8 Å². The summed E-state index contributed by atoms with van der Waals surface area (Å²) in [4.78, 5) is 42.6. The fourth-order valence-electron chi connectivity index (χ4n) is 4.40. The van der Waals surface area contributed by atoms with Crippen molar-refractivity contribution in [3.8, 4) is 0 Å². The number of Topliss-reactive ketones (excluding diaryl/α,β-unsaturated/α-hetero) is 1. The van der Waals surface area contributed by atoms with E-state index in [2.05, 4.69) is 15.4 Å². The summed E-state index contributed by atoms with van der Waals surface area (Å²) in [7, 11) is 0. The third-order valence-corrected chi connectivity index (χ3v) is 6.28. The van der Waals surface area contributed by atoms with Crippen LogP contribution in [0.2, 0.25) is 0 Å². The van der Waals surface area contributed by atoms with Gasteiger partial charge in [-0.25, -0.2) is 4.79 Å². The van der Waals surface area contributed by atoms with Crippen LogP contribution in [0, 0.1) is 12.8 Å². The van der Waals surface area contributed by atoms with Crippen molar-refractivity contribution in [2.75, 3.05) is 25.0 Å². The number of likely N-dealkylation sites (tertiary alicyclic amines) is 1. The topological polar surface area (TPSA) is 88.1 Å². The van der Waals surface area contributed by atoms with Crippen LogP contribution in [0.15, 0.2) is 47.6 Å². The minimum Gasteiger partial charge on any atom is -0.326 e. The van der Waals surface area contributed by atoms with Gasteiger partial charge in [-0.2, -0.15) is 0 Å². The van der Waals surface area contributed by atoms with E-state index in [4.69, 9.17) is 4.84 Å². The van der Waals surface area contributed by atoms with Crippen molar-refractivity contribution in [1.29, 1.82) is 0 Å². The van der Waals surface area contributed by atoms with Gasteiger partial charge in [0.1, 0.15) is 0 Å². The molecule has 2 heterocycles. The van der Waals surface area contributed by atoms with Crippen LogP contribution in [0.3, 0.4) is 0 Å². The number of aryl methyl sites for hydroxylation is 1. The SMILES string of the molecule is CC(=O)Nc1cc(C2=NOC(=O)C2)ccc1CC1CCN(CC(=O)c2ccc(C)cc2)CC1. The molecule has 7 heteroatoms. The molecular formula is C26H29N3O4. The number of anilines is 1. The van der Waals surface area contributed by atoms with E-state index in [0.717, 1.165) is 60.3 Å². The lowest BCUT2D eigenvalue weighted by molar-refractivity contribution is -0.140. The van der Waals surface area contributed by atoms with E-state index in [9.17, 15) is 14.4 Å². The maximum atomic E-state index is 12.6. The lowest BCUT2D eigenvalue weighted by atomic mass is 9.88. The summed E-state index contributed by atoms with van der Waals surface area (Å²) in [5, 5.41) is 6.75. The van der Waals surface area contributed by atoms with Gasteiger partial charge < -0.3 is 10.2 Å². The number of ketones is 1. The van der Waals surface area contributed by atoms with E-state index in [0.29, 0.717) is 18.2 Å². The Balaban J connectivity index is 1.36.